The third-order valence-electron chi connectivity index (χ3n) is 3.98. The van der Waals surface area contributed by atoms with Crippen LogP contribution in [-0.2, 0) is 5.41 Å². The van der Waals surface area contributed by atoms with Crippen LogP contribution in [0.15, 0.2) is 24.3 Å². The van der Waals surface area contributed by atoms with E-state index in [1.807, 2.05) is 61.8 Å². The number of para-hydroxylation sites is 1. The van der Waals surface area contributed by atoms with Crippen molar-refractivity contribution in [3.8, 4) is 0 Å². The quantitative estimate of drug-likeness (QED) is 0.918. The van der Waals surface area contributed by atoms with Gasteiger partial charge in [0.1, 0.15) is 0 Å². The van der Waals surface area contributed by atoms with Gasteiger partial charge in [-0.2, -0.15) is 0 Å². The molecule has 0 saturated carbocycles. The van der Waals surface area contributed by atoms with E-state index in [9.17, 15) is 9.90 Å². The molecule has 0 bridgehead atoms. The summed E-state index contributed by atoms with van der Waals surface area (Å²) in [4.78, 5) is 16.2. The summed E-state index contributed by atoms with van der Waals surface area (Å²) < 4.78 is 0. The molecule has 1 aromatic carbocycles. The number of benzene rings is 1. The molecule has 1 saturated heterocycles. The van der Waals surface area contributed by atoms with Crippen LogP contribution in [0.25, 0.3) is 0 Å². The summed E-state index contributed by atoms with van der Waals surface area (Å²) in [7, 11) is 0. The third-order valence-corrected chi connectivity index (χ3v) is 3.98. The summed E-state index contributed by atoms with van der Waals surface area (Å²) in [5.41, 5.74) is 1.57. The van der Waals surface area contributed by atoms with Crippen molar-refractivity contribution in [3.05, 3.63) is 29.8 Å². The van der Waals surface area contributed by atoms with Crippen molar-refractivity contribution in [2.45, 2.75) is 39.2 Å². The SMILES string of the molecule is CC(C)N1CCN(c2ccccc2C(C)(C)CO)C1=O. The Morgan fingerprint density at radius 3 is 2.45 bits per heavy atom. The van der Waals surface area contributed by atoms with E-state index >= 15 is 0 Å². The number of amides is 2. The zero-order chi connectivity index (χ0) is 14.9. The van der Waals surface area contributed by atoms with Gasteiger partial charge >= 0.3 is 6.03 Å². The highest BCUT2D eigenvalue weighted by Gasteiger charge is 2.34. The Balaban J connectivity index is 2.38. The lowest BCUT2D eigenvalue weighted by molar-refractivity contribution is 0.208. The number of carbonyl (C=O) groups excluding carboxylic acids is 1. The molecule has 0 spiro atoms. The van der Waals surface area contributed by atoms with Crippen molar-refractivity contribution in [2.24, 2.45) is 0 Å². The second-order valence-electron chi connectivity index (χ2n) is 6.28. The maximum Gasteiger partial charge on any atom is 0.324 e. The Labute approximate surface area is 121 Å². The van der Waals surface area contributed by atoms with Crippen LogP contribution in [0.2, 0.25) is 0 Å². The number of rotatable bonds is 4. The molecular weight excluding hydrogens is 252 g/mol. The second-order valence-corrected chi connectivity index (χ2v) is 6.28. The molecule has 1 aromatic rings. The van der Waals surface area contributed by atoms with Crippen molar-refractivity contribution in [1.29, 1.82) is 0 Å². The van der Waals surface area contributed by atoms with Gasteiger partial charge in [0, 0.05) is 30.2 Å². The number of hydrogen-bond donors (Lipinski definition) is 1. The highest BCUT2D eigenvalue weighted by molar-refractivity contribution is 5.95. The van der Waals surface area contributed by atoms with E-state index in [1.54, 1.807) is 0 Å². The minimum Gasteiger partial charge on any atom is -0.395 e. The van der Waals surface area contributed by atoms with Crippen molar-refractivity contribution in [1.82, 2.24) is 4.90 Å². The second kappa shape index (κ2) is 5.44. The van der Waals surface area contributed by atoms with E-state index in [2.05, 4.69) is 0 Å². The Morgan fingerprint density at radius 1 is 1.25 bits per heavy atom. The topological polar surface area (TPSA) is 43.8 Å². The molecule has 0 atom stereocenters. The number of nitrogens with zero attached hydrogens (tertiary/aromatic N) is 2. The minimum atomic E-state index is -0.359. The first-order valence-electron chi connectivity index (χ1n) is 7.17. The number of aliphatic hydroxyl groups excluding tert-OH is 1. The van der Waals surface area contributed by atoms with Gasteiger partial charge in [-0.3, -0.25) is 4.90 Å². The largest absolute Gasteiger partial charge is 0.395 e. The number of aliphatic hydroxyl groups is 1. The van der Waals surface area contributed by atoms with Gasteiger partial charge in [0.25, 0.3) is 0 Å². The minimum absolute atomic E-state index is 0.0555. The van der Waals surface area contributed by atoms with E-state index < -0.39 is 0 Å². The summed E-state index contributed by atoms with van der Waals surface area (Å²) in [6, 6.07) is 8.13. The zero-order valence-corrected chi connectivity index (χ0v) is 12.8. The molecule has 4 heteroatoms. The zero-order valence-electron chi connectivity index (χ0n) is 12.8. The Hall–Kier alpha value is -1.55. The molecular formula is C16H24N2O2. The Bertz CT molecular complexity index is 497. The van der Waals surface area contributed by atoms with Gasteiger partial charge < -0.3 is 10.0 Å². The van der Waals surface area contributed by atoms with Crippen LogP contribution in [0.3, 0.4) is 0 Å². The summed E-state index contributed by atoms with van der Waals surface area (Å²) in [5.74, 6) is 0. The van der Waals surface area contributed by atoms with E-state index in [0.29, 0.717) is 6.54 Å². The van der Waals surface area contributed by atoms with E-state index in [4.69, 9.17) is 0 Å². The third kappa shape index (κ3) is 2.52. The van der Waals surface area contributed by atoms with Crippen molar-refractivity contribution in [2.75, 3.05) is 24.6 Å². The molecule has 0 aliphatic carbocycles. The Morgan fingerprint density at radius 2 is 1.90 bits per heavy atom. The van der Waals surface area contributed by atoms with Gasteiger partial charge in [-0.05, 0) is 25.5 Å². The van der Waals surface area contributed by atoms with Crippen LogP contribution in [-0.4, -0.2) is 41.8 Å². The van der Waals surface area contributed by atoms with Crippen molar-refractivity contribution < 1.29 is 9.90 Å². The molecule has 1 N–H and O–H groups in total. The van der Waals surface area contributed by atoms with Crippen LogP contribution in [0.4, 0.5) is 10.5 Å². The van der Waals surface area contributed by atoms with E-state index in [1.165, 1.54) is 0 Å². The molecule has 110 valence electrons. The Kier molecular flexibility index (Phi) is 4.04. The molecule has 1 aliphatic heterocycles. The fraction of sp³-hybridized carbons (Fsp3) is 0.562. The highest BCUT2D eigenvalue weighted by atomic mass is 16.3. The normalized spacial score (nSPS) is 16.4. The highest BCUT2D eigenvalue weighted by Crippen LogP contribution is 2.33. The van der Waals surface area contributed by atoms with Crippen LogP contribution in [0, 0.1) is 0 Å². The van der Waals surface area contributed by atoms with E-state index in [-0.39, 0.29) is 24.1 Å². The maximum atomic E-state index is 12.5. The lowest BCUT2D eigenvalue weighted by Gasteiger charge is -2.29. The predicted molar refractivity (Wildman–Crippen MR) is 81.1 cm³/mol. The lowest BCUT2D eigenvalue weighted by atomic mass is 9.84. The van der Waals surface area contributed by atoms with Gasteiger partial charge in [-0.25, -0.2) is 4.79 Å². The molecule has 2 amide bonds. The first-order valence-corrected chi connectivity index (χ1v) is 7.17. The summed E-state index contributed by atoms with van der Waals surface area (Å²) in [5, 5.41) is 9.61. The maximum absolute atomic E-state index is 12.5. The van der Waals surface area contributed by atoms with Gasteiger partial charge in [0.2, 0.25) is 0 Å². The fourth-order valence-corrected chi connectivity index (χ4v) is 2.62. The summed E-state index contributed by atoms with van der Waals surface area (Å²) in [6.45, 7) is 9.56. The number of hydrogen-bond acceptors (Lipinski definition) is 2. The number of urea groups is 1. The lowest BCUT2D eigenvalue weighted by Crippen LogP contribution is -2.37. The number of anilines is 1. The smallest absolute Gasteiger partial charge is 0.324 e. The molecule has 2 rings (SSSR count). The fourth-order valence-electron chi connectivity index (χ4n) is 2.62. The van der Waals surface area contributed by atoms with E-state index in [0.717, 1.165) is 17.8 Å². The average Bonchev–Trinajstić information content (AvgIpc) is 2.80. The molecule has 1 fully saturated rings. The molecule has 1 heterocycles. The van der Waals surface area contributed by atoms with Crippen molar-refractivity contribution in [3.63, 3.8) is 0 Å². The van der Waals surface area contributed by atoms with Crippen LogP contribution in [0.5, 0.6) is 0 Å². The molecule has 1 aliphatic rings. The van der Waals surface area contributed by atoms with Gasteiger partial charge in [-0.1, -0.05) is 32.0 Å². The summed E-state index contributed by atoms with van der Waals surface area (Å²) >= 11 is 0. The molecule has 4 nitrogen and oxygen atoms in total. The van der Waals surface area contributed by atoms with Gasteiger partial charge in [0.05, 0.1) is 6.61 Å². The summed E-state index contributed by atoms with van der Waals surface area (Å²) in [6.07, 6.45) is 0. The monoisotopic (exact) mass is 276 g/mol. The van der Waals surface area contributed by atoms with Crippen molar-refractivity contribution >= 4 is 11.7 Å². The van der Waals surface area contributed by atoms with Crippen LogP contribution in [0.1, 0.15) is 33.3 Å². The molecule has 0 radical (unpaired) electrons. The molecule has 20 heavy (non-hydrogen) atoms. The standard InChI is InChI=1S/C16H24N2O2/c1-12(2)17-9-10-18(15(17)20)14-8-6-5-7-13(14)16(3,4)11-19/h5-8,12,19H,9-11H2,1-4H3. The first kappa shape index (κ1) is 14.9. The van der Waals surface area contributed by atoms with Gasteiger partial charge in [0.15, 0.2) is 0 Å². The van der Waals surface area contributed by atoms with Crippen LogP contribution >= 0.6 is 0 Å². The molecule has 0 unspecified atom stereocenters. The number of carbonyl (C=O) groups is 1. The molecule has 0 aromatic heterocycles. The van der Waals surface area contributed by atoms with Crippen LogP contribution < -0.4 is 4.90 Å². The van der Waals surface area contributed by atoms with Gasteiger partial charge in [-0.15, -0.1) is 0 Å². The first-order chi connectivity index (χ1) is 9.38. The predicted octanol–water partition coefficient (Wildman–Crippen LogP) is 2.61. The average molecular weight is 276 g/mol.